The molecule has 104 valence electrons. The summed E-state index contributed by atoms with van der Waals surface area (Å²) in [4.78, 5) is 15.8. The minimum Gasteiger partial charge on any atom is -0.497 e. The van der Waals surface area contributed by atoms with Gasteiger partial charge in [-0.15, -0.1) is 0 Å². The smallest absolute Gasteiger partial charge is 0.253 e. The van der Waals surface area contributed by atoms with Crippen molar-refractivity contribution in [1.82, 2.24) is 10.3 Å². The van der Waals surface area contributed by atoms with E-state index in [1.165, 1.54) is 12.3 Å². The summed E-state index contributed by atoms with van der Waals surface area (Å²) in [6.45, 7) is 0.388. The van der Waals surface area contributed by atoms with Gasteiger partial charge in [0.2, 0.25) is 0 Å². The van der Waals surface area contributed by atoms with Gasteiger partial charge in [-0.2, -0.15) is 0 Å². The lowest BCUT2D eigenvalue weighted by Crippen LogP contribution is -2.23. The lowest BCUT2D eigenvalue weighted by atomic mass is 10.2. The predicted octanol–water partition coefficient (Wildman–Crippen LogP) is 3.33. The molecule has 4 nitrogen and oxygen atoms in total. The minimum atomic E-state index is -0.296. The van der Waals surface area contributed by atoms with Crippen molar-refractivity contribution in [2.45, 2.75) is 6.54 Å². The topological polar surface area (TPSA) is 51.2 Å². The number of rotatable bonds is 4. The zero-order valence-corrected chi connectivity index (χ0v) is 12.2. The number of amides is 1. The quantitative estimate of drug-likeness (QED) is 0.881. The normalized spacial score (nSPS) is 10.2. The highest BCUT2D eigenvalue weighted by Gasteiger charge is 2.11. The molecule has 0 atom stereocenters. The van der Waals surface area contributed by atoms with E-state index in [2.05, 4.69) is 10.3 Å². The zero-order chi connectivity index (χ0) is 14.5. The molecule has 0 radical (unpaired) electrons. The molecule has 0 bridgehead atoms. The Morgan fingerprint density at radius 3 is 2.65 bits per heavy atom. The molecule has 0 aliphatic rings. The molecule has 0 saturated heterocycles. The maximum Gasteiger partial charge on any atom is 0.253 e. The Balaban J connectivity index is 2.02. The van der Waals surface area contributed by atoms with Gasteiger partial charge in [-0.1, -0.05) is 35.3 Å². The molecule has 1 heterocycles. The van der Waals surface area contributed by atoms with E-state index in [0.717, 1.165) is 11.3 Å². The predicted molar refractivity (Wildman–Crippen MR) is 78.4 cm³/mol. The number of halogens is 2. The minimum absolute atomic E-state index is 0.226. The molecule has 0 unspecified atom stereocenters. The first kappa shape index (κ1) is 14.6. The van der Waals surface area contributed by atoms with Crippen LogP contribution in [0.5, 0.6) is 5.75 Å². The number of hydrogen-bond donors (Lipinski definition) is 1. The van der Waals surface area contributed by atoms with Gasteiger partial charge in [0, 0.05) is 12.7 Å². The number of aromatic nitrogens is 1. The number of carbonyl (C=O) groups is 1. The van der Waals surface area contributed by atoms with Gasteiger partial charge in [0.05, 0.1) is 17.7 Å². The van der Waals surface area contributed by atoms with E-state index in [-0.39, 0.29) is 16.1 Å². The summed E-state index contributed by atoms with van der Waals surface area (Å²) in [5.74, 6) is 0.471. The van der Waals surface area contributed by atoms with Crippen LogP contribution in [0.2, 0.25) is 10.2 Å². The van der Waals surface area contributed by atoms with Crippen LogP contribution in [0, 0.1) is 0 Å². The van der Waals surface area contributed by atoms with Crippen LogP contribution in [0.3, 0.4) is 0 Å². The van der Waals surface area contributed by atoms with Crippen molar-refractivity contribution in [2.24, 2.45) is 0 Å². The summed E-state index contributed by atoms with van der Waals surface area (Å²) in [6, 6.07) is 8.85. The van der Waals surface area contributed by atoms with Crippen LogP contribution in [0.25, 0.3) is 0 Å². The second-order valence-electron chi connectivity index (χ2n) is 4.02. The highest BCUT2D eigenvalue weighted by molar-refractivity contribution is 6.35. The average molecular weight is 311 g/mol. The van der Waals surface area contributed by atoms with Crippen molar-refractivity contribution in [3.8, 4) is 5.75 Å². The van der Waals surface area contributed by atoms with Crippen molar-refractivity contribution in [1.29, 1.82) is 0 Å². The molecular formula is C14H12Cl2N2O2. The molecule has 2 rings (SSSR count). The van der Waals surface area contributed by atoms with E-state index in [9.17, 15) is 4.79 Å². The van der Waals surface area contributed by atoms with Crippen molar-refractivity contribution < 1.29 is 9.53 Å². The fraction of sp³-hybridized carbons (Fsp3) is 0.143. The molecular weight excluding hydrogens is 299 g/mol. The number of hydrogen-bond acceptors (Lipinski definition) is 3. The summed E-state index contributed by atoms with van der Waals surface area (Å²) in [5, 5.41) is 3.26. The van der Waals surface area contributed by atoms with Crippen molar-refractivity contribution in [3.05, 3.63) is 57.8 Å². The van der Waals surface area contributed by atoms with Gasteiger partial charge >= 0.3 is 0 Å². The van der Waals surface area contributed by atoms with Crippen LogP contribution < -0.4 is 10.1 Å². The highest BCUT2D eigenvalue weighted by atomic mass is 35.5. The lowest BCUT2D eigenvalue weighted by molar-refractivity contribution is 0.0951. The molecule has 1 N–H and O–H groups in total. The standard InChI is InChI=1S/C14H12Cl2N2O2/c1-20-10-4-2-9(3-5-10)7-18-14(19)11-6-13(16)17-8-12(11)15/h2-6,8H,7H2,1H3,(H,18,19). The van der Waals surface area contributed by atoms with Crippen LogP contribution in [-0.4, -0.2) is 18.0 Å². The Labute approximate surface area is 126 Å². The Morgan fingerprint density at radius 2 is 2.00 bits per heavy atom. The van der Waals surface area contributed by atoms with E-state index < -0.39 is 0 Å². The maximum atomic E-state index is 12.0. The Morgan fingerprint density at radius 1 is 1.30 bits per heavy atom. The van der Waals surface area contributed by atoms with E-state index in [0.29, 0.717) is 12.1 Å². The number of nitrogens with zero attached hydrogens (tertiary/aromatic N) is 1. The van der Waals surface area contributed by atoms with E-state index in [1.54, 1.807) is 7.11 Å². The third-order valence-electron chi connectivity index (χ3n) is 2.68. The maximum absolute atomic E-state index is 12.0. The number of nitrogens with one attached hydrogen (secondary N) is 1. The third kappa shape index (κ3) is 3.62. The Hall–Kier alpha value is -1.78. The summed E-state index contributed by atoms with van der Waals surface area (Å²) < 4.78 is 5.07. The van der Waals surface area contributed by atoms with Gasteiger partial charge in [0.25, 0.3) is 5.91 Å². The molecule has 1 aromatic carbocycles. The van der Waals surface area contributed by atoms with E-state index in [4.69, 9.17) is 27.9 Å². The fourth-order valence-corrected chi connectivity index (χ4v) is 1.96. The van der Waals surface area contributed by atoms with Gasteiger partial charge in [0.1, 0.15) is 10.9 Å². The number of pyridine rings is 1. The molecule has 2 aromatic rings. The van der Waals surface area contributed by atoms with E-state index >= 15 is 0 Å². The Kier molecular flexibility index (Phi) is 4.82. The summed E-state index contributed by atoms with van der Waals surface area (Å²) in [5.41, 5.74) is 1.26. The molecule has 6 heteroatoms. The van der Waals surface area contributed by atoms with Gasteiger partial charge in [-0.05, 0) is 23.8 Å². The molecule has 20 heavy (non-hydrogen) atoms. The molecule has 0 saturated carbocycles. The molecule has 0 aliphatic carbocycles. The first-order chi connectivity index (χ1) is 9.60. The highest BCUT2D eigenvalue weighted by Crippen LogP contribution is 2.18. The number of methoxy groups -OCH3 is 1. The summed E-state index contributed by atoms with van der Waals surface area (Å²) in [7, 11) is 1.60. The molecule has 0 fully saturated rings. The molecule has 1 amide bonds. The lowest BCUT2D eigenvalue weighted by Gasteiger charge is -2.07. The SMILES string of the molecule is COc1ccc(CNC(=O)c2cc(Cl)ncc2Cl)cc1. The summed E-state index contributed by atoms with van der Waals surface area (Å²) in [6.07, 6.45) is 1.35. The number of carbonyl (C=O) groups excluding carboxylic acids is 1. The van der Waals surface area contributed by atoms with Crippen molar-refractivity contribution in [3.63, 3.8) is 0 Å². The van der Waals surface area contributed by atoms with Crippen LogP contribution in [0.4, 0.5) is 0 Å². The van der Waals surface area contributed by atoms with Gasteiger partial charge < -0.3 is 10.1 Å². The van der Waals surface area contributed by atoms with Gasteiger partial charge in [0.15, 0.2) is 0 Å². The van der Waals surface area contributed by atoms with Crippen LogP contribution in [0.15, 0.2) is 36.5 Å². The average Bonchev–Trinajstić information content (AvgIpc) is 2.47. The van der Waals surface area contributed by atoms with Crippen LogP contribution in [-0.2, 0) is 6.54 Å². The molecule has 0 aliphatic heterocycles. The third-order valence-corrected chi connectivity index (χ3v) is 3.19. The fourth-order valence-electron chi connectivity index (χ4n) is 1.61. The molecule has 0 spiro atoms. The van der Waals surface area contributed by atoms with Gasteiger partial charge in [-0.25, -0.2) is 4.98 Å². The van der Waals surface area contributed by atoms with Crippen LogP contribution in [0.1, 0.15) is 15.9 Å². The van der Waals surface area contributed by atoms with Crippen LogP contribution >= 0.6 is 23.2 Å². The van der Waals surface area contributed by atoms with E-state index in [1.807, 2.05) is 24.3 Å². The monoisotopic (exact) mass is 310 g/mol. The number of benzene rings is 1. The second kappa shape index (κ2) is 6.59. The second-order valence-corrected chi connectivity index (χ2v) is 4.81. The van der Waals surface area contributed by atoms with Crippen molar-refractivity contribution in [2.75, 3.05) is 7.11 Å². The van der Waals surface area contributed by atoms with Gasteiger partial charge in [-0.3, -0.25) is 4.79 Å². The summed E-state index contributed by atoms with van der Waals surface area (Å²) >= 11 is 11.7. The largest absolute Gasteiger partial charge is 0.497 e. The Bertz CT molecular complexity index is 615. The molecule has 1 aromatic heterocycles. The first-order valence-corrected chi connectivity index (χ1v) is 6.58. The zero-order valence-electron chi connectivity index (χ0n) is 10.7. The van der Waals surface area contributed by atoms with Crippen molar-refractivity contribution >= 4 is 29.1 Å². The first-order valence-electron chi connectivity index (χ1n) is 5.82. The number of ether oxygens (including phenoxy) is 1.